The number of sulfonamides is 1. The van der Waals surface area contributed by atoms with E-state index in [0.717, 1.165) is 18.7 Å². The summed E-state index contributed by atoms with van der Waals surface area (Å²) in [4.78, 5) is 0. The second kappa shape index (κ2) is 5.02. The third kappa shape index (κ3) is 2.69. The van der Waals surface area contributed by atoms with Gasteiger partial charge in [0.25, 0.3) is 0 Å². The van der Waals surface area contributed by atoms with E-state index in [0.29, 0.717) is 31.7 Å². The number of hydrogen-bond acceptors (Lipinski definition) is 4. The Morgan fingerprint density at radius 1 is 1.26 bits per heavy atom. The largest absolute Gasteiger partial charge is 0.384 e. The molecule has 2 aliphatic rings. The minimum Gasteiger partial charge on any atom is -0.384 e. The van der Waals surface area contributed by atoms with Crippen LogP contribution in [0.2, 0.25) is 0 Å². The summed E-state index contributed by atoms with van der Waals surface area (Å²) in [5.41, 5.74) is 2.94. The summed E-state index contributed by atoms with van der Waals surface area (Å²) < 4.78 is 32.5. The molecular weight excluding hydrogens is 264 g/mol. The van der Waals surface area contributed by atoms with E-state index in [1.54, 1.807) is 0 Å². The van der Waals surface area contributed by atoms with E-state index in [-0.39, 0.29) is 5.25 Å². The van der Waals surface area contributed by atoms with Crippen LogP contribution in [-0.4, -0.2) is 33.4 Å². The first-order valence-corrected chi connectivity index (χ1v) is 8.16. The predicted octanol–water partition coefficient (Wildman–Crippen LogP) is 1.58. The smallest absolute Gasteiger partial charge is 0.235 e. The van der Waals surface area contributed by atoms with Crippen LogP contribution in [0.15, 0.2) is 18.2 Å². The third-order valence-electron chi connectivity index (χ3n) is 3.68. The molecular formula is C13H18N2O3S. The summed E-state index contributed by atoms with van der Waals surface area (Å²) >= 11 is 0. The zero-order valence-corrected chi connectivity index (χ0v) is 11.5. The van der Waals surface area contributed by atoms with Crippen molar-refractivity contribution in [3.63, 3.8) is 0 Å². The predicted molar refractivity (Wildman–Crippen MR) is 75.0 cm³/mol. The molecule has 2 heterocycles. The van der Waals surface area contributed by atoms with Gasteiger partial charge in [-0.15, -0.1) is 0 Å². The van der Waals surface area contributed by atoms with Crippen LogP contribution < -0.4 is 10.0 Å². The number of anilines is 2. The van der Waals surface area contributed by atoms with Crippen molar-refractivity contribution in [2.24, 2.45) is 0 Å². The lowest BCUT2D eigenvalue weighted by molar-refractivity contribution is 0.0984. The van der Waals surface area contributed by atoms with E-state index in [4.69, 9.17) is 4.74 Å². The summed E-state index contributed by atoms with van der Waals surface area (Å²) in [6.07, 6.45) is 2.09. The molecule has 0 amide bonds. The molecule has 3 rings (SSSR count). The van der Waals surface area contributed by atoms with Gasteiger partial charge >= 0.3 is 0 Å². The first kappa shape index (κ1) is 12.7. The highest BCUT2D eigenvalue weighted by Gasteiger charge is 2.27. The monoisotopic (exact) mass is 282 g/mol. The van der Waals surface area contributed by atoms with Gasteiger partial charge in [-0.1, -0.05) is 0 Å². The van der Waals surface area contributed by atoms with Gasteiger partial charge in [-0.25, -0.2) is 8.42 Å². The average molecular weight is 282 g/mol. The summed E-state index contributed by atoms with van der Waals surface area (Å²) in [6, 6.07) is 5.67. The maximum Gasteiger partial charge on any atom is 0.235 e. The Kier molecular flexibility index (Phi) is 3.36. The zero-order chi connectivity index (χ0) is 13.3. The molecule has 0 aromatic heterocycles. The molecule has 19 heavy (non-hydrogen) atoms. The number of ether oxygens (including phenoxy) is 1. The second-order valence-electron chi connectivity index (χ2n) is 5.01. The fourth-order valence-corrected chi connectivity index (χ4v) is 4.04. The Labute approximate surface area is 113 Å². The molecule has 0 bridgehead atoms. The minimum atomic E-state index is -3.30. The molecule has 5 nitrogen and oxygen atoms in total. The molecule has 1 saturated heterocycles. The van der Waals surface area contributed by atoms with Crippen molar-refractivity contribution >= 4 is 21.4 Å². The van der Waals surface area contributed by atoms with Gasteiger partial charge in [0, 0.05) is 31.1 Å². The highest BCUT2D eigenvalue weighted by atomic mass is 32.2. The van der Waals surface area contributed by atoms with Crippen LogP contribution >= 0.6 is 0 Å². The Balaban J connectivity index is 1.76. The van der Waals surface area contributed by atoms with Crippen LogP contribution in [-0.2, 0) is 21.2 Å². The highest BCUT2D eigenvalue weighted by Crippen LogP contribution is 2.27. The summed E-state index contributed by atoms with van der Waals surface area (Å²) in [7, 11) is -3.30. The molecule has 0 unspecified atom stereocenters. The second-order valence-corrected chi connectivity index (χ2v) is 6.97. The Bertz CT molecular complexity index is 565. The van der Waals surface area contributed by atoms with E-state index in [1.807, 2.05) is 18.2 Å². The van der Waals surface area contributed by atoms with Crippen molar-refractivity contribution < 1.29 is 13.2 Å². The molecule has 0 saturated carbocycles. The van der Waals surface area contributed by atoms with Crippen molar-refractivity contribution in [3.05, 3.63) is 23.8 Å². The van der Waals surface area contributed by atoms with Crippen LogP contribution in [0.4, 0.5) is 11.4 Å². The first-order chi connectivity index (χ1) is 9.15. The number of rotatable bonds is 3. The van der Waals surface area contributed by atoms with Crippen molar-refractivity contribution in [3.8, 4) is 0 Å². The SMILES string of the molecule is O=S(=O)(Nc1ccc2c(c1)CCN2)C1CCOCC1. The van der Waals surface area contributed by atoms with E-state index in [2.05, 4.69) is 10.0 Å². The van der Waals surface area contributed by atoms with E-state index in [9.17, 15) is 8.42 Å². The lowest BCUT2D eigenvalue weighted by Gasteiger charge is -2.22. The molecule has 2 aliphatic heterocycles. The number of benzene rings is 1. The van der Waals surface area contributed by atoms with Gasteiger partial charge in [-0.05, 0) is 43.0 Å². The lowest BCUT2D eigenvalue weighted by Crippen LogP contribution is -2.33. The van der Waals surface area contributed by atoms with Gasteiger partial charge in [-0.3, -0.25) is 4.72 Å². The molecule has 2 N–H and O–H groups in total. The van der Waals surface area contributed by atoms with Gasteiger partial charge < -0.3 is 10.1 Å². The van der Waals surface area contributed by atoms with Gasteiger partial charge in [0.1, 0.15) is 0 Å². The van der Waals surface area contributed by atoms with Crippen LogP contribution in [0.5, 0.6) is 0 Å². The zero-order valence-electron chi connectivity index (χ0n) is 10.7. The normalized spacial score (nSPS) is 19.8. The van der Waals surface area contributed by atoms with Gasteiger partial charge in [0.2, 0.25) is 10.0 Å². The molecule has 0 atom stereocenters. The standard InChI is InChI=1S/C13H18N2O3S/c16-19(17,12-4-7-18-8-5-12)15-11-1-2-13-10(9-11)3-6-14-13/h1-2,9,12,14-15H,3-8H2. The fraction of sp³-hybridized carbons (Fsp3) is 0.538. The van der Waals surface area contributed by atoms with Gasteiger partial charge in [0.05, 0.1) is 5.25 Å². The maximum atomic E-state index is 12.3. The molecule has 0 radical (unpaired) electrons. The van der Waals surface area contributed by atoms with Crippen LogP contribution in [0.1, 0.15) is 18.4 Å². The minimum absolute atomic E-state index is 0.340. The van der Waals surface area contributed by atoms with Crippen LogP contribution in [0.3, 0.4) is 0 Å². The van der Waals surface area contributed by atoms with E-state index < -0.39 is 10.0 Å². The quantitative estimate of drug-likeness (QED) is 0.883. The van der Waals surface area contributed by atoms with Gasteiger partial charge in [0.15, 0.2) is 0 Å². The highest BCUT2D eigenvalue weighted by molar-refractivity contribution is 7.93. The van der Waals surface area contributed by atoms with Crippen molar-refractivity contribution in [2.45, 2.75) is 24.5 Å². The molecule has 0 spiro atoms. The lowest BCUT2D eigenvalue weighted by atomic mass is 10.1. The van der Waals surface area contributed by atoms with E-state index in [1.165, 1.54) is 5.56 Å². The topological polar surface area (TPSA) is 67.4 Å². The Morgan fingerprint density at radius 3 is 2.84 bits per heavy atom. The maximum absolute atomic E-state index is 12.3. The third-order valence-corrected chi connectivity index (χ3v) is 5.55. The van der Waals surface area contributed by atoms with Crippen molar-refractivity contribution in [2.75, 3.05) is 29.8 Å². The molecule has 6 heteroatoms. The van der Waals surface area contributed by atoms with Crippen LogP contribution in [0.25, 0.3) is 0 Å². The summed E-state index contributed by atoms with van der Waals surface area (Å²) in [6.45, 7) is 1.98. The molecule has 0 aliphatic carbocycles. The molecule has 104 valence electrons. The number of nitrogens with one attached hydrogen (secondary N) is 2. The number of fused-ring (bicyclic) bond motifs is 1. The van der Waals surface area contributed by atoms with E-state index >= 15 is 0 Å². The fourth-order valence-electron chi connectivity index (χ4n) is 2.60. The van der Waals surface area contributed by atoms with Crippen molar-refractivity contribution in [1.29, 1.82) is 0 Å². The first-order valence-electron chi connectivity index (χ1n) is 6.61. The summed E-state index contributed by atoms with van der Waals surface area (Å²) in [5.74, 6) is 0. The van der Waals surface area contributed by atoms with Gasteiger partial charge in [-0.2, -0.15) is 0 Å². The molecule has 1 aromatic rings. The Hall–Kier alpha value is -1.27. The molecule has 1 aromatic carbocycles. The average Bonchev–Trinajstić information content (AvgIpc) is 2.87. The number of hydrogen-bond donors (Lipinski definition) is 2. The molecule has 1 fully saturated rings. The van der Waals surface area contributed by atoms with Crippen molar-refractivity contribution in [1.82, 2.24) is 0 Å². The van der Waals surface area contributed by atoms with Crippen LogP contribution in [0, 0.1) is 0 Å². The Morgan fingerprint density at radius 2 is 2.05 bits per heavy atom. The summed E-state index contributed by atoms with van der Waals surface area (Å²) in [5, 5.41) is 2.92.